The molecular weight excluding hydrogens is 162 g/mol. The predicted octanol–water partition coefficient (Wildman–Crippen LogP) is 1.45. The van der Waals surface area contributed by atoms with E-state index in [-0.39, 0.29) is 0 Å². The smallest absolute Gasteiger partial charge is 0.187 e. The van der Waals surface area contributed by atoms with Crippen molar-refractivity contribution in [3.8, 4) is 0 Å². The van der Waals surface area contributed by atoms with E-state index in [1.807, 2.05) is 37.4 Å². The molecule has 3 heteroatoms. The standard InChI is InChI=1S/C10H14N3/c1-2-13(12)7-6-8-4-3-5-9(11)10(8)13/h3-7H,2,11-12H2,1H3/q+1. The zero-order chi connectivity index (χ0) is 9.47. The van der Waals surface area contributed by atoms with Gasteiger partial charge in [0.1, 0.15) is 12.7 Å². The molecule has 0 aliphatic carbocycles. The number of quaternary nitrogens is 1. The maximum Gasteiger partial charge on any atom is 0.187 e. The maximum atomic E-state index is 6.14. The lowest BCUT2D eigenvalue weighted by Gasteiger charge is -2.24. The molecule has 1 aliphatic rings. The van der Waals surface area contributed by atoms with E-state index in [1.54, 1.807) is 0 Å². The van der Waals surface area contributed by atoms with E-state index in [9.17, 15) is 0 Å². The lowest BCUT2D eigenvalue weighted by Crippen LogP contribution is -2.49. The zero-order valence-electron chi connectivity index (χ0n) is 7.70. The van der Waals surface area contributed by atoms with Gasteiger partial charge in [-0.2, -0.15) is 10.4 Å². The summed E-state index contributed by atoms with van der Waals surface area (Å²) in [4.78, 5) is 0. The molecule has 3 nitrogen and oxygen atoms in total. The van der Waals surface area contributed by atoms with Crippen LogP contribution in [0.15, 0.2) is 24.4 Å². The molecule has 1 aliphatic heterocycles. The Morgan fingerprint density at radius 1 is 1.38 bits per heavy atom. The van der Waals surface area contributed by atoms with Crippen molar-refractivity contribution in [2.75, 3.05) is 12.3 Å². The first-order valence-electron chi connectivity index (χ1n) is 4.42. The minimum absolute atomic E-state index is 0.321. The van der Waals surface area contributed by atoms with Crippen LogP contribution in [0.3, 0.4) is 0 Å². The number of rotatable bonds is 1. The van der Waals surface area contributed by atoms with E-state index in [0.717, 1.165) is 23.5 Å². The lowest BCUT2D eigenvalue weighted by molar-refractivity contribution is 0.415. The summed E-state index contributed by atoms with van der Waals surface area (Å²) < 4.78 is 0.321. The van der Waals surface area contributed by atoms with E-state index in [0.29, 0.717) is 4.59 Å². The van der Waals surface area contributed by atoms with Crippen molar-refractivity contribution in [2.24, 2.45) is 5.84 Å². The third-order valence-corrected chi connectivity index (χ3v) is 2.56. The van der Waals surface area contributed by atoms with Crippen LogP contribution in [0, 0.1) is 0 Å². The summed E-state index contributed by atoms with van der Waals surface area (Å²) in [6.45, 7) is 2.86. The molecule has 0 saturated heterocycles. The molecular formula is C10H14N3+. The second-order valence-corrected chi connectivity index (χ2v) is 3.35. The fourth-order valence-corrected chi connectivity index (χ4v) is 1.75. The Labute approximate surface area is 77.8 Å². The van der Waals surface area contributed by atoms with Gasteiger partial charge in [0, 0.05) is 11.6 Å². The normalized spacial score (nSPS) is 24.8. The number of benzene rings is 1. The summed E-state index contributed by atoms with van der Waals surface area (Å²) in [7, 11) is 0. The summed E-state index contributed by atoms with van der Waals surface area (Å²) >= 11 is 0. The minimum Gasteiger partial charge on any atom is -0.394 e. The van der Waals surface area contributed by atoms with Crippen LogP contribution in [0.5, 0.6) is 0 Å². The number of nitrogens with two attached hydrogens (primary N) is 2. The molecule has 0 bridgehead atoms. The van der Waals surface area contributed by atoms with Crippen molar-refractivity contribution in [3.05, 3.63) is 30.0 Å². The molecule has 0 amide bonds. The molecule has 1 aromatic carbocycles. The van der Waals surface area contributed by atoms with Crippen molar-refractivity contribution < 1.29 is 0 Å². The fraction of sp³-hybridized carbons (Fsp3) is 0.200. The molecule has 68 valence electrons. The SMILES string of the molecule is CC[N+]1(N)C=Cc2cccc(N)c21. The van der Waals surface area contributed by atoms with Crippen LogP contribution >= 0.6 is 0 Å². The van der Waals surface area contributed by atoms with E-state index in [1.165, 1.54) is 0 Å². The monoisotopic (exact) mass is 176 g/mol. The van der Waals surface area contributed by atoms with Crippen LogP contribution < -0.4 is 16.2 Å². The summed E-state index contributed by atoms with van der Waals surface area (Å²) in [6, 6.07) is 5.87. The second kappa shape index (κ2) is 2.58. The number of nitrogens with zero attached hydrogens (tertiary/aromatic N) is 1. The summed E-state index contributed by atoms with van der Waals surface area (Å²) in [5.41, 5.74) is 8.81. The topological polar surface area (TPSA) is 52.0 Å². The van der Waals surface area contributed by atoms with Crippen LogP contribution in [0.4, 0.5) is 11.4 Å². The van der Waals surface area contributed by atoms with E-state index in [2.05, 4.69) is 0 Å². The van der Waals surface area contributed by atoms with Crippen molar-refractivity contribution >= 4 is 17.5 Å². The second-order valence-electron chi connectivity index (χ2n) is 3.35. The Kier molecular flexibility index (Phi) is 1.65. The third-order valence-electron chi connectivity index (χ3n) is 2.56. The number of para-hydroxylation sites is 1. The molecule has 0 aromatic heterocycles. The van der Waals surface area contributed by atoms with Gasteiger partial charge in [-0.1, -0.05) is 6.07 Å². The van der Waals surface area contributed by atoms with Crippen LogP contribution in [-0.2, 0) is 0 Å². The first-order valence-corrected chi connectivity index (χ1v) is 4.42. The summed E-state index contributed by atoms with van der Waals surface area (Å²) in [5, 5.41) is 0. The van der Waals surface area contributed by atoms with Gasteiger partial charge < -0.3 is 5.73 Å². The number of hydrogen-bond donors (Lipinski definition) is 2. The molecule has 0 fully saturated rings. The summed E-state index contributed by atoms with van der Waals surface area (Å²) in [6.07, 6.45) is 4.00. The van der Waals surface area contributed by atoms with Gasteiger partial charge in [0.25, 0.3) is 0 Å². The van der Waals surface area contributed by atoms with Crippen LogP contribution in [0.1, 0.15) is 12.5 Å². The van der Waals surface area contributed by atoms with Gasteiger partial charge in [-0.05, 0) is 19.1 Å². The highest BCUT2D eigenvalue weighted by Crippen LogP contribution is 2.36. The summed E-state index contributed by atoms with van der Waals surface area (Å²) in [5.74, 6) is 6.14. The van der Waals surface area contributed by atoms with Crippen LogP contribution in [-0.4, -0.2) is 6.54 Å². The van der Waals surface area contributed by atoms with Gasteiger partial charge in [-0.3, -0.25) is 0 Å². The lowest BCUT2D eigenvalue weighted by atomic mass is 10.1. The highest BCUT2D eigenvalue weighted by Gasteiger charge is 2.31. The number of anilines is 1. The highest BCUT2D eigenvalue weighted by atomic mass is 15.6. The van der Waals surface area contributed by atoms with Gasteiger partial charge in [-0.25, -0.2) is 0 Å². The molecule has 1 atom stereocenters. The van der Waals surface area contributed by atoms with Crippen molar-refractivity contribution in [3.63, 3.8) is 0 Å². The number of hydrogen-bond acceptors (Lipinski definition) is 2. The quantitative estimate of drug-likeness (QED) is 0.386. The fourth-order valence-electron chi connectivity index (χ4n) is 1.75. The van der Waals surface area contributed by atoms with Crippen molar-refractivity contribution in [1.29, 1.82) is 0 Å². The Balaban J connectivity index is 2.64. The predicted molar refractivity (Wildman–Crippen MR) is 56.4 cm³/mol. The van der Waals surface area contributed by atoms with Gasteiger partial charge in [-0.15, -0.1) is 0 Å². The molecule has 1 heterocycles. The van der Waals surface area contributed by atoms with E-state index in [4.69, 9.17) is 11.6 Å². The molecule has 0 radical (unpaired) electrons. The molecule has 0 spiro atoms. The average Bonchev–Trinajstić information content (AvgIpc) is 2.47. The molecule has 4 N–H and O–H groups in total. The number of fused-ring (bicyclic) bond motifs is 1. The first-order chi connectivity index (χ1) is 6.17. The highest BCUT2D eigenvalue weighted by molar-refractivity contribution is 5.82. The van der Waals surface area contributed by atoms with Gasteiger partial charge in [0.15, 0.2) is 5.69 Å². The van der Waals surface area contributed by atoms with E-state index >= 15 is 0 Å². The molecule has 1 aromatic rings. The number of nitrogen functional groups attached to an aromatic ring is 1. The third kappa shape index (κ3) is 1.05. The van der Waals surface area contributed by atoms with Gasteiger partial charge in [0.05, 0.1) is 5.69 Å². The Morgan fingerprint density at radius 3 is 2.85 bits per heavy atom. The molecule has 13 heavy (non-hydrogen) atoms. The van der Waals surface area contributed by atoms with E-state index < -0.39 is 0 Å². The van der Waals surface area contributed by atoms with Crippen molar-refractivity contribution in [1.82, 2.24) is 4.59 Å². The van der Waals surface area contributed by atoms with Crippen LogP contribution in [0.25, 0.3) is 6.08 Å². The Bertz CT molecular complexity index is 370. The van der Waals surface area contributed by atoms with Crippen molar-refractivity contribution in [2.45, 2.75) is 6.92 Å². The molecule has 2 rings (SSSR count). The van der Waals surface area contributed by atoms with Gasteiger partial charge in [0.2, 0.25) is 0 Å². The molecule has 0 saturated carbocycles. The average molecular weight is 176 g/mol. The van der Waals surface area contributed by atoms with Crippen LogP contribution in [0.2, 0.25) is 0 Å². The first kappa shape index (κ1) is 8.29. The Morgan fingerprint density at radius 2 is 2.15 bits per heavy atom. The molecule has 1 unspecified atom stereocenters. The zero-order valence-corrected chi connectivity index (χ0v) is 7.70. The minimum atomic E-state index is 0.321. The van der Waals surface area contributed by atoms with Gasteiger partial charge >= 0.3 is 0 Å². The largest absolute Gasteiger partial charge is 0.394 e. The maximum absolute atomic E-state index is 6.14. The Hall–Kier alpha value is -1.32.